The van der Waals surface area contributed by atoms with Gasteiger partial charge >= 0.3 is 0 Å². The third kappa shape index (κ3) is 4.34. The summed E-state index contributed by atoms with van der Waals surface area (Å²) < 4.78 is 1.66. The highest BCUT2D eigenvalue weighted by molar-refractivity contribution is 6.33. The summed E-state index contributed by atoms with van der Waals surface area (Å²) in [5.41, 5.74) is 4.21. The Morgan fingerprint density at radius 1 is 1.18 bits per heavy atom. The van der Waals surface area contributed by atoms with E-state index in [0.717, 1.165) is 16.9 Å². The van der Waals surface area contributed by atoms with E-state index in [1.54, 1.807) is 17.8 Å². The first-order chi connectivity index (χ1) is 13.4. The first kappa shape index (κ1) is 19.9. The van der Waals surface area contributed by atoms with Crippen molar-refractivity contribution in [3.63, 3.8) is 0 Å². The van der Waals surface area contributed by atoms with Gasteiger partial charge in [-0.2, -0.15) is 5.10 Å². The van der Waals surface area contributed by atoms with Gasteiger partial charge in [-0.1, -0.05) is 47.5 Å². The minimum Gasteiger partial charge on any atom is -0.362 e. The van der Waals surface area contributed by atoms with Crippen molar-refractivity contribution in [3.05, 3.63) is 75.7 Å². The van der Waals surface area contributed by atoms with E-state index in [0.29, 0.717) is 29.5 Å². The molecule has 0 atom stereocenters. The molecule has 0 aliphatic heterocycles. The van der Waals surface area contributed by atoms with E-state index in [4.69, 9.17) is 11.6 Å². The van der Waals surface area contributed by atoms with Crippen LogP contribution in [0.15, 0.2) is 42.6 Å². The van der Waals surface area contributed by atoms with Crippen molar-refractivity contribution in [2.75, 3.05) is 19.0 Å². The molecule has 7 heteroatoms. The third-order valence-corrected chi connectivity index (χ3v) is 4.86. The molecule has 1 aromatic carbocycles. The number of aromatic nitrogens is 3. The smallest absolute Gasteiger partial charge is 0.256 e. The molecule has 0 spiro atoms. The van der Waals surface area contributed by atoms with Gasteiger partial charge in [-0.3, -0.25) is 4.79 Å². The lowest BCUT2D eigenvalue weighted by atomic mass is 10.1. The lowest BCUT2D eigenvalue weighted by molar-refractivity contribution is 0.0950. The number of benzene rings is 1. The molecule has 2 aromatic heterocycles. The second-order valence-corrected chi connectivity index (χ2v) is 7.32. The average Bonchev–Trinajstić information content (AvgIpc) is 2.95. The molecular formula is C21H24ClN5O. The van der Waals surface area contributed by atoms with Crippen molar-refractivity contribution in [1.29, 1.82) is 0 Å². The van der Waals surface area contributed by atoms with Gasteiger partial charge in [0.2, 0.25) is 0 Å². The molecule has 3 aromatic rings. The summed E-state index contributed by atoms with van der Waals surface area (Å²) in [5, 5.41) is 7.73. The van der Waals surface area contributed by atoms with Gasteiger partial charge in [0.25, 0.3) is 5.91 Å². The normalized spacial score (nSPS) is 10.8. The van der Waals surface area contributed by atoms with E-state index in [1.165, 1.54) is 5.56 Å². The average molecular weight is 398 g/mol. The molecule has 0 fully saturated rings. The number of aryl methyl sites for hydroxylation is 2. The van der Waals surface area contributed by atoms with Crippen LogP contribution in [0.3, 0.4) is 0 Å². The van der Waals surface area contributed by atoms with Crippen molar-refractivity contribution in [3.8, 4) is 0 Å². The number of anilines is 1. The highest BCUT2D eigenvalue weighted by Gasteiger charge is 2.20. The van der Waals surface area contributed by atoms with Gasteiger partial charge in [-0.15, -0.1) is 0 Å². The fourth-order valence-electron chi connectivity index (χ4n) is 3.02. The maximum atomic E-state index is 12.8. The molecule has 3 rings (SSSR count). The molecule has 2 heterocycles. The third-order valence-electron chi connectivity index (χ3n) is 4.48. The lowest BCUT2D eigenvalue weighted by Gasteiger charge is -2.16. The Balaban J connectivity index is 1.76. The van der Waals surface area contributed by atoms with Crippen LogP contribution in [0.2, 0.25) is 5.15 Å². The molecule has 0 unspecified atom stereocenters. The Bertz CT molecular complexity index is 979. The zero-order valence-electron chi connectivity index (χ0n) is 16.5. The summed E-state index contributed by atoms with van der Waals surface area (Å²) in [5.74, 6) is 0.576. The van der Waals surface area contributed by atoms with Crippen LogP contribution < -0.4 is 10.2 Å². The van der Waals surface area contributed by atoms with Crippen molar-refractivity contribution in [1.82, 2.24) is 20.1 Å². The van der Waals surface area contributed by atoms with Gasteiger partial charge in [0.15, 0.2) is 0 Å². The molecule has 1 N–H and O–H groups in total. The minimum absolute atomic E-state index is 0.244. The van der Waals surface area contributed by atoms with Crippen molar-refractivity contribution in [2.24, 2.45) is 0 Å². The number of amides is 1. The van der Waals surface area contributed by atoms with Crippen molar-refractivity contribution >= 4 is 23.3 Å². The highest BCUT2D eigenvalue weighted by atomic mass is 35.5. The standard InChI is InChI=1S/C21H24ClN5O/c1-14-7-9-16(10-8-14)13-27-19(22)18(15(2)25-27)21(28)24-12-17-6-5-11-23-20(17)26(3)4/h5-11H,12-13H2,1-4H3,(H,24,28). The number of carbonyl (C=O) groups excluding carboxylic acids is 1. The fraction of sp³-hybridized carbons (Fsp3) is 0.286. The summed E-state index contributed by atoms with van der Waals surface area (Å²) in [7, 11) is 3.84. The van der Waals surface area contributed by atoms with Crippen LogP contribution in [0.4, 0.5) is 5.82 Å². The van der Waals surface area contributed by atoms with Gasteiger partial charge in [0.05, 0.1) is 17.8 Å². The molecular weight excluding hydrogens is 374 g/mol. The SMILES string of the molecule is Cc1ccc(Cn2nc(C)c(C(=O)NCc3cccnc3N(C)C)c2Cl)cc1. The van der Waals surface area contributed by atoms with Gasteiger partial charge in [0, 0.05) is 32.4 Å². The number of halogens is 1. The molecule has 0 aliphatic carbocycles. The maximum absolute atomic E-state index is 12.8. The number of rotatable bonds is 6. The first-order valence-electron chi connectivity index (χ1n) is 9.04. The molecule has 146 valence electrons. The van der Waals surface area contributed by atoms with E-state index in [-0.39, 0.29) is 5.91 Å². The molecule has 1 amide bonds. The minimum atomic E-state index is -0.244. The van der Waals surface area contributed by atoms with Crippen LogP contribution in [0.5, 0.6) is 0 Å². The number of hydrogen-bond donors (Lipinski definition) is 1. The van der Waals surface area contributed by atoms with E-state index in [2.05, 4.69) is 15.4 Å². The summed E-state index contributed by atoms with van der Waals surface area (Å²) in [6, 6.07) is 12.0. The number of nitrogens with one attached hydrogen (secondary N) is 1. The molecule has 0 aliphatic rings. The number of nitrogens with zero attached hydrogens (tertiary/aromatic N) is 4. The van der Waals surface area contributed by atoms with Crippen LogP contribution in [0.1, 0.15) is 32.7 Å². The molecule has 28 heavy (non-hydrogen) atoms. The Morgan fingerprint density at radius 3 is 2.57 bits per heavy atom. The Morgan fingerprint density at radius 2 is 1.89 bits per heavy atom. The van der Waals surface area contributed by atoms with E-state index in [9.17, 15) is 4.79 Å². The van der Waals surface area contributed by atoms with Gasteiger partial charge in [-0.25, -0.2) is 9.67 Å². The number of hydrogen-bond acceptors (Lipinski definition) is 4. The fourth-order valence-corrected chi connectivity index (χ4v) is 3.34. The topological polar surface area (TPSA) is 63.1 Å². The zero-order chi connectivity index (χ0) is 20.3. The molecule has 0 bridgehead atoms. The maximum Gasteiger partial charge on any atom is 0.256 e. The van der Waals surface area contributed by atoms with E-state index < -0.39 is 0 Å². The first-order valence-corrected chi connectivity index (χ1v) is 9.42. The van der Waals surface area contributed by atoms with E-state index >= 15 is 0 Å². The van der Waals surface area contributed by atoms with Crippen molar-refractivity contribution < 1.29 is 4.79 Å². The Labute approximate surface area is 170 Å². The number of carbonyl (C=O) groups is 1. The predicted molar refractivity (Wildman–Crippen MR) is 112 cm³/mol. The van der Waals surface area contributed by atoms with Crippen LogP contribution in [-0.2, 0) is 13.1 Å². The summed E-state index contributed by atoms with van der Waals surface area (Å²) >= 11 is 6.49. The van der Waals surface area contributed by atoms with Gasteiger partial charge in [-0.05, 0) is 25.5 Å². The predicted octanol–water partition coefficient (Wildman–Crippen LogP) is 3.59. The van der Waals surface area contributed by atoms with Crippen molar-refractivity contribution in [2.45, 2.75) is 26.9 Å². The highest BCUT2D eigenvalue weighted by Crippen LogP contribution is 2.22. The van der Waals surface area contributed by atoms with Crippen LogP contribution in [-0.4, -0.2) is 34.8 Å². The largest absolute Gasteiger partial charge is 0.362 e. The van der Waals surface area contributed by atoms with Gasteiger partial charge in [0.1, 0.15) is 11.0 Å². The van der Waals surface area contributed by atoms with E-state index in [1.807, 2.05) is 62.3 Å². The molecule has 0 saturated heterocycles. The monoisotopic (exact) mass is 397 g/mol. The van der Waals surface area contributed by atoms with Crippen LogP contribution in [0, 0.1) is 13.8 Å². The molecule has 0 radical (unpaired) electrons. The van der Waals surface area contributed by atoms with Gasteiger partial charge < -0.3 is 10.2 Å². The number of pyridine rings is 1. The molecule has 0 saturated carbocycles. The Kier molecular flexibility index (Phi) is 5.99. The van der Waals surface area contributed by atoms with Crippen LogP contribution in [0.25, 0.3) is 0 Å². The second kappa shape index (κ2) is 8.44. The summed E-state index contributed by atoms with van der Waals surface area (Å²) in [6.07, 6.45) is 1.73. The zero-order valence-corrected chi connectivity index (χ0v) is 17.3. The summed E-state index contributed by atoms with van der Waals surface area (Å²) in [6.45, 7) is 4.71. The summed E-state index contributed by atoms with van der Waals surface area (Å²) in [4.78, 5) is 19.0. The molecule has 6 nitrogen and oxygen atoms in total. The van der Waals surface area contributed by atoms with Crippen LogP contribution >= 0.6 is 11.6 Å². The second-order valence-electron chi connectivity index (χ2n) is 6.96. The Hall–Kier alpha value is -2.86. The lowest BCUT2D eigenvalue weighted by Crippen LogP contribution is -2.25. The quantitative estimate of drug-likeness (QED) is 0.690.